The third-order valence-electron chi connectivity index (χ3n) is 5.49. The van der Waals surface area contributed by atoms with Gasteiger partial charge in [0.05, 0.1) is 6.61 Å². The number of unbranched alkanes of at least 4 members (excludes halogenated alkanes) is 15. The van der Waals surface area contributed by atoms with E-state index >= 15 is 0 Å². The second kappa shape index (κ2) is 17.8. The lowest BCUT2D eigenvalue weighted by molar-refractivity contribution is -0.217. The van der Waals surface area contributed by atoms with E-state index in [9.17, 15) is 9.46 Å². The first-order chi connectivity index (χ1) is 14.5. The Balaban J connectivity index is 1.85. The van der Waals surface area contributed by atoms with Crippen LogP contribution in [0.5, 0.6) is 5.75 Å². The van der Waals surface area contributed by atoms with Gasteiger partial charge in [-0.1, -0.05) is 121 Å². The summed E-state index contributed by atoms with van der Waals surface area (Å²) >= 11 is 0. The van der Waals surface area contributed by atoms with E-state index in [1.54, 1.807) is 12.1 Å². The van der Waals surface area contributed by atoms with E-state index in [0.29, 0.717) is 5.75 Å². The Hall–Kier alpha value is -0.830. The molecule has 0 aliphatic rings. The molecule has 0 aromatic heterocycles. The normalized spacial score (nSPS) is 13.3. The third-order valence-corrected chi connectivity index (χ3v) is 6.42. The van der Waals surface area contributed by atoms with Crippen molar-refractivity contribution < 1.29 is 18.5 Å². The number of hydrogen-bond donors (Lipinski definition) is 0. The standard InChI is InChI=1S/C25H45O4P/c1-3-4-5-6-7-8-9-10-11-12-13-14-15-16-17-18-23-28-30(26,27)29-25-21-19-24(2)20-22-25/h19-22H,3-18,23H2,1-2H3,(H,26,27)/p-1. The Labute approximate surface area is 185 Å². The van der Waals surface area contributed by atoms with Gasteiger partial charge in [0, 0.05) is 0 Å². The first-order valence-electron chi connectivity index (χ1n) is 12.3. The molecule has 0 heterocycles. The minimum atomic E-state index is -4.27. The maximum atomic E-state index is 11.8. The van der Waals surface area contributed by atoms with Crippen molar-refractivity contribution >= 4 is 7.82 Å². The zero-order chi connectivity index (χ0) is 21.9. The van der Waals surface area contributed by atoms with Crippen LogP contribution in [0.3, 0.4) is 0 Å². The molecule has 1 aromatic carbocycles. The summed E-state index contributed by atoms with van der Waals surface area (Å²) in [4.78, 5) is 11.8. The predicted molar refractivity (Wildman–Crippen MR) is 125 cm³/mol. The van der Waals surface area contributed by atoms with Crippen LogP contribution in [0.15, 0.2) is 24.3 Å². The topological polar surface area (TPSA) is 58.6 Å². The zero-order valence-corrected chi connectivity index (χ0v) is 20.3. The van der Waals surface area contributed by atoms with Crippen LogP contribution >= 0.6 is 7.82 Å². The van der Waals surface area contributed by atoms with Crippen molar-refractivity contribution in [1.29, 1.82) is 0 Å². The van der Waals surface area contributed by atoms with Crippen molar-refractivity contribution in [2.75, 3.05) is 6.61 Å². The minimum absolute atomic E-state index is 0.199. The highest BCUT2D eigenvalue weighted by Gasteiger charge is 2.10. The van der Waals surface area contributed by atoms with Crippen LogP contribution in [0.2, 0.25) is 0 Å². The van der Waals surface area contributed by atoms with Gasteiger partial charge in [0.1, 0.15) is 5.75 Å². The molecule has 1 unspecified atom stereocenters. The van der Waals surface area contributed by atoms with Crippen LogP contribution in [0.4, 0.5) is 0 Å². The number of hydrogen-bond acceptors (Lipinski definition) is 4. The molecule has 0 fully saturated rings. The average Bonchev–Trinajstić information content (AvgIpc) is 2.72. The van der Waals surface area contributed by atoms with Crippen molar-refractivity contribution in [2.24, 2.45) is 0 Å². The Bertz CT molecular complexity index is 559. The van der Waals surface area contributed by atoms with Gasteiger partial charge in [-0.05, 0) is 25.5 Å². The highest BCUT2D eigenvalue weighted by molar-refractivity contribution is 7.46. The molecule has 0 amide bonds. The molecule has 4 nitrogen and oxygen atoms in total. The molecule has 174 valence electrons. The summed E-state index contributed by atoms with van der Waals surface area (Å²) in [5, 5.41) is 0. The van der Waals surface area contributed by atoms with Crippen LogP contribution in [0.25, 0.3) is 0 Å². The average molecular weight is 440 g/mol. The van der Waals surface area contributed by atoms with E-state index in [2.05, 4.69) is 6.92 Å². The van der Waals surface area contributed by atoms with Crippen molar-refractivity contribution in [1.82, 2.24) is 0 Å². The third kappa shape index (κ3) is 15.9. The molecule has 0 bridgehead atoms. The summed E-state index contributed by atoms with van der Waals surface area (Å²) in [5.41, 5.74) is 1.05. The molecule has 0 saturated carbocycles. The summed E-state index contributed by atoms with van der Waals surface area (Å²) in [5.74, 6) is 0.297. The highest BCUT2D eigenvalue weighted by atomic mass is 31.2. The lowest BCUT2D eigenvalue weighted by atomic mass is 10.0. The van der Waals surface area contributed by atoms with Gasteiger partial charge in [-0.15, -0.1) is 0 Å². The lowest BCUT2D eigenvalue weighted by Crippen LogP contribution is -2.11. The predicted octanol–water partition coefficient (Wildman–Crippen LogP) is 8.12. The van der Waals surface area contributed by atoms with Crippen molar-refractivity contribution in [3.63, 3.8) is 0 Å². The highest BCUT2D eigenvalue weighted by Crippen LogP contribution is 2.39. The van der Waals surface area contributed by atoms with Gasteiger partial charge in [-0.2, -0.15) is 0 Å². The summed E-state index contributed by atoms with van der Waals surface area (Å²) in [7, 11) is -4.27. The molecule has 30 heavy (non-hydrogen) atoms. The van der Waals surface area contributed by atoms with Crippen LogP contribution < -0.4 is 9.42 Å². The second-order valence-electron chi connectivity index (χ2n) is 8.49. The minimum Gasteiger partial charge on any atom is -0.746 e. The fraction of sp³-hybridized carbons (Fsp3) is 0.760. The van der Waals surface area contributed by atoms with Gasteiger partial charge in [-0.3, -0.25) is 4.57 Å². The number of phosphoric acid groups is 1. The number of aryl methyl sites for hydroxylation is 1. The van der Waals surface area contributed by atoms with E-state index in [4.69, 9.17) is 9.05 Å². The van der Waals surface area contributed by atoms with E-state index < -0.39 is 7.82 Å². The second-order valence-corrected chi connectivity index (χ2v) is 9.82. The molecule has 0 saturated heterocycles. The quantitative estimate of drug-likeness (QED) is 0.152. The molecule has 0 spiro atoms. The molecule has 0 N–H and O–H groups in total. The van der Waals surface area contributed by atoms with Gasteiger partial charge in [0.2, 0.25) is 0 Å². The van der Waals surface area contributed by atoms with Gasteiger partial charge in [0.25, 0.3) is 0 Å². The van der Waals surface area contributed by atoms with Crippen LogP contribution in [0.1, 0.15) is 115 Å². The molecular weight excluding hydrogens is 395 g/mol. The van der Waals surface area contributed by atoms with Gasteiger partial charge < -0.3 is 13.9 Å². The molecule has 1 rings (SSSR count). The summed E-state index contributed by atoms with van der Waals surface area (Å²) in [6.45, 7) is 4.41. The monoisotopic (exact) mass is 439 g/mol. The Morgan fingerprint density at radius 3 is 1.53 bits per heavy atom. The first kappa shape index (κ1) is 27.2. The van der Waals surface area contributed by atoms with Gasteiger partial charge in [-0.25, -0.2) is 0 Å². The molecule has 0 radical (unpaired) electrons. The van der Waals surface area contributed by atoms with Crippen LogP contribution in [-0.4, -0.2) is 6.61 Å². The fourth-order valence-corrected chi connectivity index (χ4v) is 4.37. The van der Waals surface area contributed by atoms with E-state index in [-0.39, 0.29) is 6.61 Å². The smallest absolute Gasteiger partial charge is 0.319 e. The van der Waals surface area contributed by atoms with E-state index in [1.807, 2.05) is 19.1 Å². The molecule has 5 heteroatoms. The zero-order valence-electron chi connectivity index (χ0n) is 19.4. The summed E-state index contributed by atoms with van der Waals surface area (Å²) in [6.07, 6.45) is 20.7. The number of phosphoric ester groups is 1. The molecule has 1 atom stereocenters. The van der Waals surface area contributed by atoms with Crippen LogP contribution in [-0.2, 0) is 9.09 Å². The van der Waals surface area contributed by atoms with Crippen LogP contribution in [0, 0.1) is 6.92 Å². The Morgan fingerprint density at radius 2 is 1.10 bits per heavy atom. The largest absolute Gasteiger partial charge is 0.746 e. The van der Waals surface area contributed by atoms with Gasteiger partial charge in [0.15, 0.2) is 0 Å². The van der Waals surface area contributed by atoms with Crippen molar-refractivity contribution in [3.05, 3.63) is 29.8 Å². The maximum Gasteiger partial charge on any atom is 0.319 e. The van der Waals surface area contributed by atoms with E-state index in [1.165, 1.54) is 83.5 Å². The number of benzene rings is 1. The Kier molecular flexibility index (Phi) is 16.2. The summed E-state index contributed by atoms with van der Waals surface area (Å²) in [6, 6.07) is 6.89. The maximum absolute atomic E-state index is 11.8. The number of rotatable bonds is 20. The summed E-state index contributed by atoms with van der Waals surface area (Å²) < 4.78 is 21.8. The first-order valence-corrected chi connectivity index (χ1v) is 13.7. The Morgan fingerprint density at radius 1 is 0.700 bits per heavy atom. The van der Waals surface area contributed by atoms with Crippen molar-refractivity contribution in [3.8, 4) is 5.75 Å². The molecule has 0 aliphatic heterocycles. The van der Waals surface area contributed by atoms with Gasteiger partial charge >= 0.3 is 7.82 Å². The fourth-order valence-electron chi connectivity index (χ4n) is 3.58. The lowest BCUT2D eigenvalue weighted by Gasteiger charge is -2.23. The van der Waals surface area contributed by atoms with E-state index in [0.717, 1.165) is 24.8 Å². The molecule has 1 aromatic rings. The SMILES string of the molecule is CCCCCCCCCCCCCCCCCCOP(=O)([O-])Oc1ccc(C)cc1. The molecular formula is C25H44O4P-. The molecule has 0 aliphatic carbocycles. The van der Waals surface area contributed by atoms with Crippen molar-refractivity contribution in [2.45, 2.75) is 117 Å².